The van der Waals surface area contributed by atoms with Crippen LogP contribution < -0.4 is 0 Å². The highest BCUT2D eigenvalue weighted by Crippen LogP contribution is 2.48. The van der Waals surface area contributed by atoms with E-state index < -0.39 is 0 Å². The zero-order chi connectivity index (χ0) is 11.2. The van der Waals surface area contributed by atoms with Crippen molar-refractivity contribution in [2.45, 2.75) is 43.5 Å². The second-order valence-corrected chi connectivity index (χ2v) is 5.83. The quantitative estimate of drug-likeness (QED) is 0.775. The molecule has 1 aliphatic rings. The Labute approximate surface area is 99.6 Å². The van der Waals surface area contributed by atoms with Crippen LogP contribution in [0.1, 0.15) is 43.6 Å². The summed E-state index contributed by atoms with van der Waals surface area (Å²) in [5.74, 6) is 0. The van der Waals surface area contributed by atoms with Crippen LogP contribution in [0.3, 0.4) is 0 Å². The van der Waals surface area contributed by atoms with Crippen molar-refractivity contribution in [2.24, 2.45) is 0 Å². The number of aryl methyl sites for hydroxylation is 1. The highest BCUT2D eigenvalue weighted by Gasteiger charge is 2.44. The van der Waals surface area contributed by atoms with Gasteiger partial charge in [0.05, 0.1) is 10.9 Å². The molecule has 2 heteroatoms. The molecule has 15 heavy (non-hydrogen) atoms. The Balaban J connectivity index is 2.56. The molecule has 0 heterocycles. The number of aliphatic hydroxyl groups is 1. The first-order valence-electron chi connectivity index (χ1n) is 5.44. The van der Waals surface area contributed by atoms with Crippen LogP contribution in [0.4, 0.5) is 0 Å². The third kappa shape index (κ3) is 1.55. The van der Waals surface area contributed by atoms with Gasteiger partial charge in [-0.3, -0.25) is 0 Å². The summed E-state index contributed by atoms with van der Waals surface area (Å²) in [6, 6.07) is 6.47. The smallest absolute Gasteiger partial charge is 0.0926 e. The maximum Gasteiger partial charge on any atom is 0.0926 e. The average Bonchev–Trinajstić information content (AvgIpc) is 2.40. The minimum atomic E-state index is -0.374. The fraction of sp³-hybridized carbons (Fsp3) is 0.538. The van der Waals surface area contributed by atoms with Crippen LogP contribution in [0.2, 0.25) is 0 Å². The molecule has 0 saturated heterocycles. The van der Waals surface area contributed by atoms with E-state index >= 15 is 0 Å². The minimum Gasteiger partial charge on any atom is -0.387 e. The predicted molar refractivity (Wildman–Crippen MR) is 66.5 cm³/mol. The van der Waals surface area contributed by atoms with Crippen molar-refractivity contribution in [1.29, 1.82) is 0 Å². The Kier molecular flexibility index (Phi) is 2.68. The number of alkyl halides is 1. The molecule has 0 aromatic heterocycles. The van der Waals surface area contributed by atoms with Gasteiger partial charge in [-0.1, -0.05) is 54.9 Å². The van der Waals surface area contributed by atoms with E-state index in [2.05, 4.69) is 54.9 Å². The molecule has 1 aliphatic carbocycles. The molecular weight excluding hydrogens is 252 g/mol. The Morgan fingerprint density at radius 2 is 2.07 bits per heavy atom. The van der Waals surface area contributed by atoms with Gasteiger partial charge in [-0.05, 0) is 23.1 Å². The van der Waals surface area contributed by atoms with Crippen LogP contribution in [-0.4, -0.2) is 9.93 Å². The largest absolute Gasteiger partial charge is 0.387 e. The molecule has 1 aromatic rings. The van der Waals surface area contributed by atoms with Crippen molar-refractivity contribution in [1.82, 2.24) is 0 Å². The van der Waals surface area contributed by atoms with Gasteiger partial charge in [0.2, 0.25) is 0 Å². The zero-order valence-corrected chi connectivity index (χ0v) is 11.0. The normalized spacial score (nSPS) is 27.8. The van der Waals surface area contributed by atoms with E-state index in [0.29, 0.717) is 0 Å². The first kappa shape index (κ1) is 11.2. The van der Waals surface area contributed by atoms with E-state index in [1.807, 2.05) is 0 Å². The standard InChI is InChI=1S/C13H17BrO/c1-4-8-5-6-10-9(7-8)11(15)12(14)13(10,2)3/h5-7,11-12,15H,4H2,1-3H3/t11-,12+/m1/s1. The number of aliphatic hydroxyl groups excluding tert-OH is 1. The summed E-state index contributed by atoms with van der Waals surface area (Å²) in [4.78, 5) is 0.118. The topological polar surface area (TPSA) is 20.2 Å². The van der Waals surface area contributed by atoms with E-state index in [0.717, 1.165) is 12.0 Å². The average molecular weight is 269 g/mol. The summed E-state index contributed by atoms with van der Waals surface area (Å²) in [7, 11) is 0. The molecule has 1 N–H and O–H groups in total. The van der Waals surface area contributed by atoms with Gasteiger partial charge < -0.3 is 5.11 Å². The maximum absolute atomic E-state index is 10.2. The van der Waals surface area contributed by atoms with Gasteiger partial charge in [-0.25, -0.2) is 0 Å². The molecule has 0 saturated carbocycles. The lowest BCUT2D eigenvalue weighted by atomic mass is 9.86. The Morgan fingerprint density at radius 1 is 1.40 bits per heavy atom. The van der Waals surface area contributed by atoms with Gasteiger partial charge in [0.25, 0.3) is 0 Å². The highest BCUT2D eigenvalue weighted by molar-refractivity contribution is 9.09. The lowest BCUT2D eigenvalue weighted by Crippen LogP contribution is -2.25. The van der Waals surface area contributed by atoms with E-state index in [1.54, 1.807) is 0 Å². The third-order valence-corrected chi connectivity index (χ3v) is 5.15. The Morgan fingerprint density at radius 3 is 2.67 bits per heavy atom. The summed E-state index contributed by atoms with van der Waals surface area (Å²) in [6.45, 7) is 6.49. The summed E-state index contributed by atoms with van der Waals surface area (Å²) in [5.41, 5.74) is 3.68. The molecular formula is C13H17BrO. The molecule has 0 fully saturated rings. The third-order valence-electron chi connectivity index (χ3n) is 3.50. The van der Waals surface area contributed by atoms with E-state index in [1.165, 1.54) is 11.1 Å². The fourth-order valence-corrected chi connectivity index (χ4v) is 2.90. The van der Waals surface area contributed by atoms with Gasteiger partial charge in [0.1, 0.15) is 0 Å². The van der Waals surface area contributed by atoms with Crippen molar-refractivity contribution < 1.29 is 5.11 Å². The summed E-state index contributed by atoms with van der Waals surface area (Å²) in [6.07, 6.45) is 0.648. The number of benzene rings is 1. The molecule has 82 valence electrons. The lowest BCUT2D eigenvalue weighted by Gasteiger charge is -2.24. The minimum absolute atomic E-state index is 0.0149. The van der Waals surface area contributed by atoms with Gasteiger partial charge in [0, 0.05) is 5.41 Å². The van der Waals surface area contributed by atoms with Crippen LogP contribution in [-0.2, 0) is 11.8 Å². The number of hydrogen-bond acceptors (Lipinski definition) is 1. The second-order valence-electron chi connectivity index (χ2n) is 4.84. The Hall–Kier alpha value is -0.340. The van der Waals surface area contributed by atoms with Crippen molar-refractivity contribution in [3.63, 3.8) is 0 Å². The molecule has 0 spiro atoms. The summed E-state index contributed by atoms with van der Waals surface area (Å²) >= 11 is 3.60. The molecule has 1 nitrogen and oxygen atoms in total. The number of halogens is 1. The van der Waals surface area contributed by atoms with Crippen molar-refractivity contribution >= 4 is 15.9 Å². The highest BCUT2D eigenvalue weighted by atomic mass is 79.9. The predicted octanol–water partition coefficient (Wildman–Crippen LogP) is 3.34. The molecule has 2 rings (SSSR count). The van der Waals surface area contributed by atoms with Crippen LogP contribution in [0.15, 0.2) is 18.2 Å². The van der Waals surface area contributed by atoms with Gasteiger partial charge in [-0.15, -0.1) is 0 Å². The molecule has 0 bridgehead atoms. The van der Waals surface area contributed by atoms with E-state index in [4.69, 9.17) is 0 Å². The van der Waals surface area contributed by atoms with Gasteiger partial charge in [-0.2, -0.15) is 0 Å². The first-order valence-corrected chi connectivity index (χ1v) is 6.35. The van der Waals surface area contributed by atoms with Crippen LogP contribution in [0.5, 0.6) is 0 Å². The van der Waals surface area contributed by atoms with Crippen molar-refractivity contribution in [2.75, 3.05) is 0 Å². The van der Waals surface area contributed by atoms with E-state index in [-0.39, 0.29) is 16.3 Å². The molecule has 2 atom stereocenters. The number of fused-ring (bicyclic) bond motifs is 1. The van der Waals surface area contributed by atoms with Crippen LogP contribution in [0.25, 0.3) is 0 Å². The molecule has 1 aromatic carbocycles. The van der Waals surface area contributed by atoms with Gasteiger partial charge >= 0.3 is 0 Å². The molecule has 0 aliphatic heterocycles. The van der Waals surface area contributed by atoms with Gasteiger partial charge in [0.15, 0.2) is 0 Å². The first-order chi connectivity index (χ1) is 6.98. The van der Waals surface area contributed by atoms with Crippen LogP contribution in [0, 0.1) is 0 Å². The summed E-state index contributed by atoms with van der Waals surface area (Å²) < 4.78 is 0. The number of hydrogen-bond donors (Lipinski definition) is 1. The van der Waals surface area contributed by atoms with Crippen molar-refractivity contribution in [3.05, 3.63) is 34.9 Å². The Bertz CT molecular complexity index is 384. The monoisotopic (exact) mass is 268 g/mol. The molecule has 0 radical (unpaired) electrons. The van der Waals surface area contributed by atoms with E-state index in [9.17, 15) is 5.11 Å². The summed E-state index contributed by atoms with van der Waals surface area (Å²) in [5, 5.41) is 10.2. The van der Waals surface area contributed by atoms with Crippen molar-refractivity contribution in [3.8, 4) is 0 Å². The molecule has 0 amide bonds. The second kappa shape index (κ2) is 3.60. The molecule has 0 unspecified atom stereocenters. The lowest BCUT2D eigenvalue weighted by molar-refractivity contribution is 0.171. The maximum atomic E-state index is 10.2. The van der Waals surface area contributed by atoms with Crippen LogP contribution >= 0.6 is 15.9 Å². The SMILES string of the molecule is CCc1ccc2c(c1)[C@@H](O)[C@H](Br)C2(C)C. The fourth-order valence-electron chi connectivity index (χ4n) is 2.36. The number of rotatable bonds is 1. The zero-order valence-electron chi connectivity index (χ0n) is 9.42.